The summed E-state index contributed by atoms with van der Waals surface area (Å²) >= 11 is 0. The van der Waals surface area contributed by atoms with Gasteiger partial charge in [-0.25, -0.2) is 4.79 Å². The van der Waals surface area contributed by atoms with Gasteiger partial charge in [-0.3, -0.25) is 5.32 Å². The number of nitrogens with one attached hydrogen (secondary N) is 2. The molecule has 94 valence electrons. The first-order valence-corrected chi connectivity index (χ1v) is 5.23. The van der Waals surface area contributed by atoms with E-state index in [1.165, 1.54) is 7.11 Å². The van der Waals surface area contributed by atoms with Crippen LogP contribution in [0.25, 0.3) is 0 Å². The molecule has 2 aromatic rings. The third-order valence-corrected chi connectivity index (χ3v) is 2.10. The lowest BCUT2D eigenvalue weighted by atomic mass is 10.4. The Balaban J connectivity index is 1.89. The summed E-state index contributed by atoms with van der Waals surface area (Å²) in [5, 5.41) is 13.1. The normalized spacial score (nSPS) is 9.83. The van der Waals surface area contributed by atoms with Gasteiger partial charge < -0.3 is 14.5 Å². The van der Waals surface area contributed by atoms with Crippen LogP contribution in [-0.2, 0) is 11.3 Å². The second-order valence-corrected chi connectivity index (χ2v) is 3.35. The van der Waals surface area contributed by atoms with Crippen LogP contribution in [0.1, 0.15) is 5.76 Å². The van der Waals surface area contributed by atoms with E-state index in [0.29, 0.717) is 18.2 Å². The third-order valence-electron chi connectivity index (χ3n) is 2.10. The van der Waals surface area contributed by atoms with Gasteiger partial charge in [0.1, 0.15) is 11.6 Å². The van der Waals surface area contributed by atoms with Gasteiger partial charge in [0.25, 0.3) is 0 Å². The van der Waals surface area contributed by atoms with E-state index in [9.17, 15) is 4.79 Å². The zero-order chi connectivity index (χ0) is 12.8. The predicted molar refractivity (Wildman–Crippen MR) is 64.1 cm³/mol. The summed E-state index contributed by atoms with van der Waals surface area (Å²) in [6, 6.07) is 6.98. The molecule has 0 aliphatic carbocycles. The summed E-state index contributed by atoms with van der Waals surface area (Å²) in [5.41, 5.74) is 0. The number of ether oxygens (including phenoxy) is 1. The Hall–Kier alpha value is -2.57. The molecule has 0 saturated carbocycles. The minimum absolute atomic E-state index is 0.324. The first kappa shape index (κ1) is 11.9. The molecule has 2 aromatic heterocycles. The molecule has 1 amide bonds. The number of nitrogens with zero attached hydrogens (tertiary/aromatic N) is 2. The summed E-state index contributed by atoms with van der Waals surface area (Å²) in [6.07, 6.45) is 1.02. The van der Waals surface area contributed by atoms with E-state index < -0.39 is 6.09 Å². The first-order chi connectivity index (χ1) is 8.78. The zero-order valence-electron chi connectivity index (χ0n) is 9.71. The van der Waals surface area contributed by atoms with E-state index in [-0.39, 0.29) is 0 Å². The average Bonchev–Trinajstić information content (AvgIpc) is 2.91. The zero-order valence-corrected chi connectivity index (χ0v) is 9.71. The molecular formula is C11H12N4O3. The van der Waals surface area contributed by atoms with Gasteiger partial charge in [0, 0.05) is 0 Å². The van der Waals surface area contributed by atoms with Crippen molar-refractivity contribution in [2.45, 2.75) is 6.54 Å². The van der Waals surface area contributed by atoms with Crippen molar-refractivity contribution in [2.75, 3.05) is 17.7 Å². The Kier molecular flexibility index (Phi) is 3.75. The summed E-state index contributed by atoms with van der Waals surface area (Å²) in [7, 11) is 1.28. The molecule has 7 heteroatoms. The van der Waals surface area contributed by atoms with Crippen LogP contribution in [0.5, 0.6) is 0 Å². The summed E-state index contributed by atoms with van der Waals surface area (Å²) in [6.45, 7) is 0.519. The predicted octanol–water partition coefficient (Wildman–Crippen LogP) is 1.86. The fraction of sp³-hybridized carbons (Fsp3) is 0.182. The average molecular weight is 248 g/mol. The van der Waals surface area contributed by atoms with Crippen molar-refractivity contribution in [1.29, 1.82) is 0 Å². The lowest BCUT2D eigenvalue weighted by Crippen LogP contribution is -2.12. The molecule has 0 bridgehead atoms. The monoisotopic (exact) mass is 248 g/mol. The van der Waals surface area contributed by atoms with E-state index in [2.05, 4.69) is 25.6 Å². The number of methoxy groups -OCH3 is 1. The van der Waals surface area contributed by atoms with Crippen molar-refractivity contribution in [3.05, 3.63) is 36.3 Å². The van der Waals surface area contributed by atoms with Crippen LogP contribution in [0.3, 0.4) is 0 Å². The van der Waals surface area contributed by atoms with E-state index in [0.717, 1.165) is 5.76 Å². The lowest BCUT2D eigenvalue weighted by molar-refractivity contribution is 0.187. The van der Waals surface area contributed by atoms with Crippen LogP contribution < -0.4 is 10.6 Å². The molecule has 2 N–H and O–H groups in total. The molecule has 0 aliphatic rings. The Morgan fingerprint density at radius 2 is 2.11 bits per heavy atom. The van der Waals surface area contributed by atoms with E-state index in [1.807, 2.05) is 12.1 Å². The Morgan fingerprint density at radius 3 is 2.72 bits per heavy atom. The number of hydrogen-bond acceptors (Lipinski definition) is 6. The minimum Gasteiger partial charge on any atom is -0.467 e. The molecule has 0 aromatic carbocycles. The fourth-order valence-electron chi connectivity index (χ4n) is 1.24. The maximum Gasteiger partial charge on any atom is 0.412 e. The van der Waals surface area contributed by atoms with Crippen molar-refractivity contribution in [3.8, 4) is 0 Å². The highest BCUT2D eigenvalue weighted by Crippen LogP contribution is 2.08. The van der Waals surface area contributed by atoms with Gasteiger partial charge >= 0.3 is 6.09 Å². The summed E-state index contributed by atoms with van der Waals surface area (Å²) in [4.78, 5) is 10.9. The second kappa shape index (κ2) is 5.67. The van der Waals surface area contributed by atoms with E-state index >= 15 is 0 Å². The SMILES string of the molecule is COC(=O)Nc1ccc(NCc2ccco2)nn1. The molecule has 2 rings (SSSR count). The highest BCUT2D eigenvalue weighted by atomic mass is 16.5. The highest BCUT2D eigenvalue weighted by molar-refractivity contribution is 5.83. The summed E-state index contributed by atoms with van der Waals surface area (Å²) < 4.78 is 9.60. The number of carbonyl (C=O) groups is 1. The Bertz CT molecular complexity index is 496. The third kappa shape index (κ3) is 3.21. The van der Waals surface area contributed by atoms with Gasteiger partial charge in [-0.1, -0.05) is 0 Å². The number of furan rings is 1. The fourth-order valence-corrected chi connectivity index (χ4v) is 1.24. The molecule has 2 heterocycles. The van der Waals surface area contributed by atoms with Crippen molar-refractivity contribution >= 4 is 17.7 Å². The van der Waals surface area contributed by atoms with Crippen LogP contribution in [0.2, 0.25) is 0 Å². The van der Waals surface area contributed by atoms with Crippen LogP contribution >= 0.6 is 0 Å². The number of aromatic nitrogens is 2. The van der Waals surface area contributed by atoms with Crippen molar-refractivity contribution < 1.29 is 13.9 Å². The first-order valence-electron chi connectivity index (χ1n) is 5.23. The van der Waals surface area contributed by atoms with Crippen molar-refractivity contribution in [2.24, 2.45) is 0 Å². The van der Waals surface area contributed by atoms with Crippen LogP contribution in [-0.4, -0.2) is 23.4 Å². The van der Waals surface area contributed by atoms with E-state index in [1.54, 1.807) is 18.4 Å². The number of carbonyl (C=O) groups excluding carboxylic acids is 1. The highest BCUT2D eigenvalue weighted by Gasteiger charge is 2.03. The number of hydrogen-bond donors (Lipinski definition) is 2. The molecule has 0 unspecified atom stereocenters. The molecule has 7 nitrogen and oxygen atoms in total. The minimum atomic E-state index is -0.583. The van der Waals surface area contributed by atoms with Crippen LogP contribution in [0.4, 0.5) is 16.4 Å². The molecule has 0 saturated heterocycles. The van der Waals surface area contributed by atoms with Gasteiger partial charge in [0.05, 0.1) is 19.9 Å². The molecule has 0 aliphatic heterocycles. The van der Waals surface area contributed by atoms with Gasteiger partial charge in [-0.15, -0.1) is 10.2 Å². The van der Waals surface area contributed by atoms with Gasteiger partial charge in [0.2, 0.25) is 0 Å². The Labute approximate surface area is 103 Å². The number of amides is 1. The van der Waals surface area contributed by atoms with Crippen molar-refractivity contribution in [3.63, 3.8) is 0 Å². The maximum absolute atomic E-state index is 10.9. The smallest absolute Gasteiger partial charge is 0.412 e. The topological polar surface area (TPSA) is 89.3 Å². The molecule has 0 fully saturated rings. The number of rotatable bonds is 4. The molecular weight excluding hydrogens is 236 g/mol. The van der Waals surface area contributed by atoms with Crippen LogP contribution in [0, 0.1) is 0 Å². The number of anilines is 2. The molecule has 18 heavy (non-hydrogen) atoms. The molecule has 0 spiro atoms. The van der Waals surface area contributed by atoms with E-state index in [4.69, 9.17) is 4.42 Å². The molecule has 0 radical (unpaired) electrons. The van der Waals surface area contributed by atoms with Crippen LogP contribution in [0.15, 0.2) is 34.9 Å². The lowest BCUT2D eigenvalue weighted by Gasteiger charge is -2.04. The quantitative estimate of drug-likeness (QED) is 0.858. The van der Waals surface area contributed by atoms with Crippen molar-refractivity contribution in [1.82, 2.24) is 10.2 Å². The largest absolute Gasteiger partial charge is 0.467 e. The maximum atomic E-state index is 10.9. The molecule has 0 atom stereocenters. The Morgan fingerprint density at radius 1 is 1.33 bits per heavy atom. The van der Waals surface area contributed by atoms with Gasteiger partial charge in [0.15, 0.2) is 5.82 Å². The standard InChI is InChI=1S/C11H12N4O3/c1-17-11(16)13-10-5-4-9(14-15-10)12-7-8-3-2-6-18-8/h2-6H,7H2,1H3,(H,12,14)(H,13,15,16). The summed E-state index contributed by atoms with van der Waals surface area (Å²) in [5.74, 6) is 1.71. The van der Waals surface area contributed by atoms with Gasteiger partial charge in [-0.05, 0) is 24.3 Å². The van der Waals surface area contributed by atoms with Gasteiger partial charge in [-0.2, -0.15) is 0 Å². The second-order valence-electron chi connectivity index (χ2n) is 3.35.